The van der Waals surface area contributed by atoms with Gasteiger partial charge in [-0.25, -0.2) is 9.98 Å². The van der Waals surface area contributed by atoms with Crippen LogP contribution in [-0.4, -0.2) is 24.0 Å². The summed E-state index contributed by atoms with van der Waals surface area (Å²) in [6.45, 7) is 8.57. The molecule has 2 N–H and O–H groups in total. The lowest BCUT2D eigenvalue weighted by atomic mass is 10.3. The molecule has 0 bridgehead atoms. The van der Waals surface area contributed by atoms with Crippen LogP contribution in [0.1, 0.15) is 27.4 Å². The molecule has 2 heterocycles. The molecule has 0 unspecified atom stereocenters. The zero-order valence-corrected chi connectivity index (χ0v) is 19.0. The Morgan fingerprint density at radius 2 is 2.04 bits per heavy atom. The quantitative estimate of drug-likeness (QED) is 0.329. The van der Waals surface area contributed by atoms with Crippen LogP contribution in [0.25, 0.3) is 0 Å². The molecule has 2 rings (SSSR count). The summed E-state index contributed by atoms with van der Waals surface area (Å²) in [7, 11) is 0. The summed E-state index contributed by atoms with van der Waals surface area (Å²) in [4.78, 5) is 11.7. The Morgan fingerprint density at radius 3 is 2.61 bits per heavy atom. The third-order valence-electron chi connectivity index (χ3n) is 3.02. The minimum absolute atomic E-state index is 0. The summed E-state index contributed by atoms with van der Waals surface area (Å²) in [5, 5.41) is 7.78. The van der Waals surface area contributed by atoms with E-state index < -0.39 is 0 Å². The summed E-state index contributed by atoms with van der Waals surface area (Å²) in [6.07, 6.45) is 0.999. The van der Waals surface area contributed by atoms with Gasteiger partial charge < -0.3 is 10.6 Å². The van der Waals surface area contributed by atoms with E-state index in [9.17, 15) is 0 Å². The Labute approximate surface area is 171 Å². The number of thiophene rings is 1. The normalized spacial score (nSPS) is 11.2. The molecule has 0 spiro atoms. The lowest BCUT2D eigenvalue weighted by molar-refractivity contribution is 0.805. The Hall–Kier alpha value is -0.190. The van der Waals surface area contributed by atoms with E-state index in [1.165, 1.54) is 13.5 Å². The molecule has 0 amide bonds. The topological polar surface area (TPSA) is 49.3 Å². The zero-order valence-electron chi connectivity index (χ0n) is 13.5. The number of halogens is 2. The highest BCUT2D eigenvalue weighted by atomic mass is 127. The summed E-state index contributed by atoms with van der Waals surface area (Å²) < 4.78 is 1.18. The van der Waals surface area contributed by atoms with Crippen molar-refractivity contribution < 1.29 is 0 Å². The first-order valence-electron chi connectivity index (χ1n) is 7.27. The van der Waals surface area contributed by atoms with Crippen LogP contribution in [0.4, 0.5) is 0 Å². The second kappa shape index (κ2) is 10.6. The van der Waals surface area contributed by atoms with Crippen molar-refractivity contribution in [1.29, 1.82) is 0 Å². The second-order valence-electron chi connectivity index (χ2n) is 4.82. The van der Waals surface area contributed by atoms with Crippen molar-refractivity contribution in [1.82, 2.24) is 15.6 Å². The number of thiazole rings is 1. The van der Waals surface area contributed by atoms with Crippen LogP contribution in [-0.2, 0) is 13.0 Å². The third-order valence-corrected chi connectivity index (χ3v) is 5.76. The van der Waals surface area contributed by atoms with Crippen molar-refractivity contribution in [2.45, 2.75) is 33.7 Å². The Morgan fingerprint density at radius 1 is 1.26 bits per heavy atom. The number of aliphatic imine (C=N–C) groups is 1. The molecule has 128 valence electrons. The van der Waals surface area contributed by atoms with Crippen molar-refractivity contribution in [3.8, 4) is 0 Å². The number of aryl methyl sites for hydroxylation is 2. The van der Waals surface area contributed by atoms with Crippen LogP contribution in [0.5, 0.6) is 0 Å². The smallest absolute Gasteiger partial charge is 0.191 e. The largest absolute Gasteiger partial charge is 0.357 e. The molecule has 0 aliphatic carbocycles. The predicted molar refractivity (Wildman–Crippen MR) is 116 cm³/mol. The second-order valence-corrected chi connectivity index (χ2v) is 8.65. The molecule has 0 aromatic carbocycles. The standard InChI is InChI=1S/C15H21BrN4S2.HI/c1-4-17-15(18-8-7-12-5-6-14(16)22-12)19-9-13-10(2)20-11(3)21-13;/h5-6H,4,7-9H2,1-3H3,(H2,17,18,19);1H. The van der Waals surface area contributed by atoms with Crippen LogP contribution < -0.4 is 10.6 Å². The first kappa shape index (κ1) is 20.9. The van der Waals surface area contributed by atoms with Gasteiger partial charge in [-0.15, -0.1) is 46.7 Å². The van der Waals surface area contributed by atoms with E-state index >= 15 is 0 Å². The highest BCUT2D eigenvalue weighted by Gasteiger charge is 2.05. The molecule has 0 fully saturated rings. The molecule has 2 aromatic rings. The van der Waals surface area contributed by atoms with Crippen LogP contribution in [0, 0.1) is 13.8 Å². The fourth-order valence-corrected chi connectivity index (χ4v) is 4.35. The molecule has 8 heteroatoms. The molecule has 0 radical (unpaired) electrons. The van der Waals surface area contributed by atoms with E-state index in [2.05, 4.69) is 55.6 Å². The van der Waals surface area contributed by atoms with Crippen LogP contribution in [0.3, 0.4) is 0 Å². The fraction of sp³-hybridized carbons (Fsp3) is 0.467. The molecule has 0 saturated heterocycles. The number of hydrogen-bond donors (Lipinski definition) is 2. The Bertz CT molecular complexity index is 639. The number of aromatic nitrogens is 1. The van der Waals surface area contributed by atoms with Crippen molar-refractivity contribution in [2.24, 2.45) is 4.99 Å². The van der Waals surface area contributed by atoms with Crippen LogP contribution >= 0.6 is 62.6 Å². The van der Waals surface area contributed by atoms with Crippen molar-refractivity contribution in [3.63, 3.8) is 0 Å². The van der Waals surface area contributed by atoms with Gasteiger partial charge in [0.15, 0.2) is 5.96 Å². The van der Waals surface area contributed by atoms with Crippen LogP contribution in [0.15, 0.2) is 20.9 Å². The van der Waals surface area contributed by atoms with E-state index in [4.69, 9.17) is 0 Å². The number of rotatable bonds is 6. The molecule has 0 aliphatic heterocycles. The van der Waals surface area contributed by atoms with Gasteiger partial charge in [0.2, 0.25) is 0 Å². The predicted octanol–water partition coefficient (Wildman–Crippen LogP) is 4.50. The lowest BCUT2D eigenvalue weighted by Crippen LogP contribution is -2.38. The summed E-state index contributed by atoms with van der Waals surface area (Å²) >= 11 is 6.99. The van der Waals surface area contributed by atoms with E-state index in [0.717, 1.165) is 36.2 Å². The molecule has 2 aromatic heterocycles. The minimum atomic E-state index is 0. The van der Waals surface area contributed by atoms with E-state index in [-0.39, 0.29) is 24.0 Å². The third kappa shape index (κ3) is 7.06. The van der Waals surface area contributed by atoms with Gasteiger partial charge in [-0.3, -0.25) is 0 Å². The molecule has 4 nitrogen and oxygen atoms in total. The first-order chi connectivity index (χ1) is 10.6. The van der Waals surface area contributed by atoms with Gasteiger partial charge in [-0.2, -0.15) is 0 Å². The summed E-state index contributed by atoms with van der Waals surface area (Å²) in [5.41, 5.74) is 1.09. The van der Waals surface area contributed by atoms with Crippen LogP contribution in [0.2, 0.25) is 0 Å². The van der Waals surface area contributed by atoms with E-state index in [1.807, 2.05) is 13.8 Å². The first-order valence-corrected chi connectivity index (χ1v) is 9.70. The molecule has 0 saturated carbocycles. The van der Waals surface area contributed by atoms with E-state index in [1.54, 1.807) is 22.7 Å². The van der Waals surface area contributed by atoms with Gasteiger partial charge >= 0.3 is 0 Å². The van der Waals surface area contributed by atoms with E-state index in [0.29, 0.717) is 6.54 Å². The average molecular weight is 529 g/mol. The Kier molecular flexibility index (Phi) is 9.64. The number of guanidine groups is 1. The maximum absolute atomic E-state index is 4.65. The van der Waals surface area contributed by atoms with Gasteiger partial charge in [0, 0.05) is 22.8 Å². The molecular weight excluding hydrogens is 507 g/mol. The van der Waals surface area contributed by atoms with Gasteiger partial charge in [0.25, 0.3) is 0 Å². The number of nitrogens with one attached hydrogen (secondary N) is 2. The maximum atomic E-state index is 4.65. The van der Waals surface area contributed by atoms with Crippen molar-refractivity contribution >= 4 is 68.5 Å². The van der Waals surface area contributed by atoms with Gasteiger partial charge in [0.05, 0.1) is 21.0 Å². The van der Waals surface area contributed by atoms with Gasteiger partial charge in [0.1, 0.15) is 0 Å². The number of hydrogen-bond acceptors (Lipinski definition) is 4. The number of nitrogens with zero attached hydrogens (tertiary/aromatic N) is 2. The van der Waals surface area contributed by atoms with Gasteiger partial charge in [-0.05, 0) is 55.3 Å². The molecule has 0 atom stereocenters. The average Bonchev–Trinajstić information content (AvgIpc) is 3.01. The monoisotopic (exact) mass is 528 g/mol. The fourth-order valence-electron chi connectivity index (χ4n) is 2.00. The highest BCUT2D eigenvalue weighted by Crippen LogP contribution is 2.22. The maximum Gasteiger partial charge on any atom is 0.191 e. The summed E-state index contributed by atoms with van der Waals surface area (Å²) in [5.74, 6) is 0.864. The van der Waals surface area contributed by atoms with Crippen molar-refractivity contribution in [2.75, 3.05) is 13.1 Å². The summed E-state index contributed by atoms with van der Waals surface area (Å²) in [6, 6.07) is 4.25. The Balaban J connectivity index is 0.00000264. The minimum Gasteiger partial charge on any atom is -0.357 e. The lowest BCUT2D eigenvalue weighted by Gasteiger charge is -2.10. The molecule has 23 heavy (non-hydrogen) atoms. The molecular formula is C15H22BrIN4S2. The zero-order chi connectivity index (χ0) is 15.9. The SMILES string of the molecule is CCNC(=NCc1sc(C)nc1C)NCCc1ccc(Br)s1.I. The molecule has 0 aliphatic rings. The van der Waals surface area contributed by atoms with Crippen molar-refractivity contribution in [3.05, 3.63) is 36.4 Å². The highest BCUT2D eigenvalue weighted by molar-refractivity contribution is 14.0. The van der Waals surface area contributed by atoms with Gasteiger partial charge in [-0.1, -0.05) is 0 Å².